The second-order valence-corrected chi connectivity index (χ2v) is 6.05. The molecule has 0 radical (unpaired) electrons. The first kappa shape index (κ1) is 18.9. The number of thiocarbonyl (C=S) groups is 1. The van der Waals surface area contributed by atoms with E-state index in [9.17, 15) is 14.7 Å². The first-order chi connectivity index (χ1) is 11.9. The molecule has 25 heavy (non-hydrogen) atoms. The molecule has 2 aromatic rings. The molecular formula is C17H12Cl2N2O3S. The van der Waals surface area contributed by atoms with Gasteiger partial charge in [-0.1, -0.05) is 53.5 Å². The maximum absolute atomic E-state index is 11.9. The quantitative estimate of drug-likeness (QED) is 0.534. The van der Waals surface area contributed by atoms with E-state index in [1.54, 1.807) is 6.08 Å². The zero-order chi connectivity index (χ0) is 18.4. The van der Waals surface area contributed by atoms with Gasteiger partial charge in [-0.05, 0) is 36.0 Å². The molecule has 0 saturated heterocycles. The molecule has 0 aliphatic carbocycles. The molecule has 128 valence electrons. The molecule has 0 heterocycles. The Labute approximate surface area is 159 Å². The fourth-order valence-corrected chi connectivity index (χ4v) is 2.65. The van der Waals surface area contributed by atoms with Crippen LogP contribution >= 0.6 is 35.4 Å². The summed E-state index contributed by atoms with van der Waals surface area (Å²) in [5.74, 6) is -1.70. The third-order valence-corrected chi connectivity index (χ3v) is 3.71. The van der Waals surface area contributed by atoms with E-state index in [-0.39, 0.29) is 26.4 Å². The van der Waals surface area contributed by atoms with Gasteiger partial charge in [-0.15, -0.1) is 0 Å². The van der Waals surface area contributed by atoms with Gasteiger partial charge in [0, 0.05) is 11.1 Å². The van der Waals surface area contributed by atoms with Crippen LogP contribution in [0.3, 0.4) is 0 Å². The van der Waals surface area contributed by atoms with E-state index in [4.69, 9.17) is 35.4 Å². The third kappa shape index (κ3) is 5.56. The van der Waals surface area contributed by atoms with Gasteiger partial charge in [0.05, 0.1) is 16.3 Å². The average Bonchev–Trinajstić information content (AvgIpc) is 2.56. The summed E-state index contributed by atoms with van der Waals surface area (Å²) in [7, 11) is 0. The summed E-state index contributed by atoms with van der Waals surface area (Å²) >= 11 is 16.8. The third-order valence-electron chi connectivity index (χ3n) is 2.99. The first-order valence-electron chi connectivity index (χ1n) is 6.94. The molecule has 0 unspecified atom stereocenters. The molecule has 0 aliphatic heterocycles. The molecule has 1 amide bonds. The second-order valence-electron chi connectivity index (χ2n) is 4.80. The highest BCUT2D eigenvalue weighted by Crippen LogP contribution is 2.30. The summed E-state index contributed by atoms with van der Waals surface area (Å²) in [5.41, 5.74) is 0.746. The van der Waals surface area contributed by atoms with Crippen LogP contribution in [0.5, 0.6) is 0 Å². The molecule has 0 bridgehead atoms. The van der Waals surface area contributed by atoms with Crippen molar-refractivity contribution < 1.29 is 14.7 Å². The van der Waals surface area contributed by atoms with Crippen molar-refractivity contribution in [3.05, 3.63) is 69.7 Å². The van der Waals surface area contributed by atoms with Crippen LogP contribution in [0.25, 0.3) is 6.08 Å². The molecule has 0 atom stereocenters. The van der Waals surface area contributed by atoms with Crippen molar-refractivity contribution in [3.8, 4) is 0 Å². The van der Waals surface area contributed by atoms with Gasteiger partial charge in [-0.3, -0.25) is 10.1 Å². The average molecular weight is 395 g/mol. The SMILES string of the molecule is O=C(/C=C/c1ccccc1)NC(=S)Nc1c(Cl)cc(Cl)cc1C(=O)O. The Morgan fingerprint density at radius 1 is 1.12 bits per heavy atom. The van der Waals surface area contributed by atoms with Gasteiger partial charge in [0.2, 0.25) is 5.91 Å². The van der Waals surface area contributed by atoms with Crippen LogP contribution in [-0.4, -0.2) is 22.1 Å². The molecule has 0 aliphatic rings. The molecule has 8 heteroatoms. The maximum atomic E-state index is 11.9. The number of nitrogens with one attached hydrogen (secondary N) is 2. The van der Waals surface area contributed by atoms with E-state index in [2.05, 4.69) is 10.6 Å². The van der Waals surface area contributed by atoms with Crippen molar-refractivity contribution in [2.24, 2.45) is 0 Å². The van der Waals surface area contributed by atoms with E-state index in [0.29, 0.717) is 0 Å². The Bertz CT molecular complexity index is 854. The Hall–Kier alpha value is -2.41. The lowest BCUT2D eigenvalue weighted by molar-refractivity contribution is -0.115. The monoisotopic (exact) mass is 394 g/mol. The number of hydrogen-bond acceptors (Lipinski definition) is 3. The summed E-state index contributed by atoms with van der Waals surface area (Å²) in [6, 6.07) is 11.8. The number of carboxylic acid groups (broad SMARTS) is 1. The van der Waals surface area contributed by atoms with E-state index in [1.165, 1.54) is 18.2 Å². The van der Waals surface area contributed by atoms with Crippen LogP contribution < -0.4 is 10.6 Å². The molecular weight excluding hydrogens is 383 g/mol. The van der Waals surface area contributed by atoms with Crippen molar-refractivity contribution in [1.82, 2.24) is 5.32 Å². The summed E-state index contributed by atoms with van der Waals surface area (Å²) < 4.78 is 0. The predicted octanol–water partition coefficient (Wildman–Crippen LogP) is 4.22. The number of aromatic carboxylic acids is 1. The van der Waals surface area contributed by atoms with Crippen LogP contribution in [0.15, 0.2) is 48.5 Å². The largest absolute Gasteiger partial charge is 0.478 e. The molecule has 3 N–H and O–H groups in total. The number of benzene rings is 2. The van der Waals surface area contributed by atoms with E-state index < -0.39 is 11.9 Å². The Morgan fingerprint density at radius 2 is 1.80 bits per heavy atom. The number of carbonyl (C=O) groups is 2. The number of amides is 1. The van der Waals surface area contributed by atoms with Crippen LogP contribution in [0.1, 0.15) is 15.9 Å². The second kappa shape index (κ2) is 8.62. The standard InChI is InChI=1S/C17H12Cl2N2O3S/c18-11-8-12(16(23)24)15(13(19)9-11)21-17(25)20-14(22)7-6-10-4-2-1-3-5-10/h1-9H,(H,23,24)(H2,20,21,22,25)/b7-6+. The van der Waals surface area contributed by atoms with Gasteiger partial charge in [0.25, 0.3) is 0 Å². The number of hydrogen-bond donors (Lipinski definition) is 3. The van der Waals surface area contributed by atoms with Crippen molar-refractivity contribution in [2.45, 2.75) is 0 Å². The lowest BCUT2D eigenvalue weighted by Crippen LogP contribution is -2.33. The maximum Gasteiger partial charge on any atom is 0.337 e. The summed E-state index contributed by atoms with van der Waals surface area (Å²) in [6.45, 7) is 0. The van der Waals surface area contributed by atoms with Crippen molar-refractivity contribution in [2.75, 3.05) is 5.32 Å². The molecule has 0 saturated carbocycles. The molecule has 5 nitrogen and oxygen atoms in total. The molecule has 2 rings (SSSR count). The Morgan fingerprint density at radius 3 is 2.44 bits per heavy atom. The van der Waals surface area contributed by atoms with Gasteiger partial charge < -0.3 is 10.4 Å². The van der Waals surface area contributed by atoms with E-state index >= 15 is 0 Å². The lowest BCUT2D eigenvalue weighted by atomic mass is 10.2. The van der Waals surface area contributed by atoms with Crippen molar-refractivity contribution in [3.63, 3.8) is 0 Å². The fourth-order valence-electron chi connectivity index (χ4n) is 1.90. The zero-order valence-electron chi connectivity index (χ0n) is 12.6. The molecule has 0 aromatic heterocycles. The minimum absolute atomic E-state index is 0.0518. The predicted molar refractivity (Wildman–Crippen MR) is 103 cm³/mol. The normalized spacial score (nSPS) is 10.5. The van der Waals surface area contributed by atoms with Gasteiger partial charge >= 0.3 is 5.97 Å². The van der Waals surface area contributed by atoms with Crippen LogP contribution in [0.2, 0.25) is 10.0 Å². The zero-order valence-corrected chi connectivity index (χ0v) is 15.0. The van der Waals surface area contributed by atoms with Crippen molar-refractivity contribution >= 4 is 64.2 Å². The Balaban J connectivity index is 2.07. The summed E-state index contributed by atoms with van der Waals surface area (Å²) in [6.07, 6.45) is 2.93. The van der Waals surface area contributed by atoms with Crippen LogP contribution in [0.4, 0.5) is 5.69 Å². The molecule has 0 fully saturated rings. The van der Waals surface area contributed by atoms with E-state index in [0.717, 1.165) is 5.56 Å². The molecule has 2 aromatic carbocycles. The highest BCUT2D eigenvalue weighted by molar-refractivity contribution is 7.80. The number of anilines is 1. The van der Waals surface area contributed by atoms with Gasteiger partial charge in [0.15, 0.2) is 5.11 Å². The topological polar surface area (TPSA) is 78.4 Å². The highest BCUT2D eigenvalue weighted by atomic mass is 35.5. The van der Waals surface area contributed by atoms with E-state index in [1.807, 2.05) is 30.3 Å². The van der Waals surface area contributed by atoms with Crippen LogP contribution in [0, 0.1) is 0 Å². The lowest BCUT2D eigenvalue weighted by Gasteiger charge is -2.13. The minimum atomic E-state index is -1.23. The van der Waals surface area contributed by atoms with Gasteiger partial charge in [-0.2, -0.15) is 0 Å². The number of rotatable bonds is 4. The highest BCUT2D eigenvalue weighted by Gasteiger charge is 2.16. The van der Waals surface area contributed by atoms with Crippen molar-refractivity contribution in [1.29, 1.82) is 0 Å². The van der Waals surface area contributed by atoms with Gasteiger partial charge in [0.1, 0.15) is 0 Å². The Kier molecular flexibility index (Phi) is 6.52. The smallest absolute Gasteiger partial charge is 0.337 e. The summed E-state index contributed by atoms with van der Waals surface area (Å²) in [4.78, 5) is 23.2. The first-order valence-corrected chi connectivity index (χ1v) is 8.10. The fraction of sp³-hybridized carbons (Fsp3) is 0. The molecule has 0 spiro atoms. The number of carbonyl (C=O) groups excluding carboxylic acids is 1. The number of halogens is 2. The summed E-state index contributed by atoms with van der Waals surface area (Å²) in [5, 5.41) is 14.4. The van der Waals surface area contributed by atoms with Crippen LogP contribution in [-0.2, 0) is 4.79 Å². The van der Waals surface area contributed by atoms with Gasteiger partial charge in [-0.25, -0.2) is 4.79 Å². The number of carboxylic acids is 1. The minimum Gasteiger partial charge on any atom is -0.478 e.